The molecule has 1 aliphatic heterocycles. The zero-order valence-electron chi connectivity index (χ0n) is 17.2. The van der Waals surface area contributed by atoms with Crippen molar-refractivity contribution in [2.75, 3.05) is 31.1 Å². The van der Waals surface area contributed by atoms with Gasteiger partial charge in [-0.05, 0) is 24.3 Å². The third kappa shape index (κ3) is 3.61. The van der Waals surface area contributed by atoms with Crippen LogP contribution in [-0.4, -0.2) is 51.8 Å². The SMILES string of the molecule is O=C(c1ccnc2ccccc12)N1CCN(c2cnn(-c3ccccc3)c(=O)c2Cl)CC1. The molecule has 0 N–H and O–H groups in total. The maximum absolute atomic E-state index is 13.2. The molecule has 7 nitrogen and oxygen atoms in total. The highest BCUT2D eigenvalue weighted by molar-refractivity contribution is 6.33. The molecule has 0 bridgehead atoms. The van der Waals surface area contributed by atoms with Gasteiger partial charge in [-0.1, -0.05) is 48.0 Å². The third-order valence-corrected chi connectivity index (χ3v) is 6.04. The van der Waals surface area contributed by atoms with Crippen molar-refractivity contribution in [2.45, 2.75) is 0 Å². The molecule has 0 radical (unpaired) electrons. The summed E-state index contributed by atoms with van der Waals surface area (Å²) < 4.78 is 1.29. The van der Waals surface area contributed by atoms with E-state index in [1.54, 1.807) is 30.6 Å². The molecule has 1 amide bonds. The number of fused-ring (bicyclic) bond motifs is 1. The van der Waals surface area contributed by atoms with E-state index >= 15 is 0 Å². The summed E-state index contributed by atoms with van der Waals surface area (Å²) in [4.78, 5) is 34.1. The van der Waals surface area contributed by atoms with Crippen molar-refractivity contribution in [3.63, 3.8) is 0 Å². The Kier molecular flexibility index (Phi) is 5.33. The fourth-order valence-electron chi connectivity index (χ4n) is 4.00. The average Bonchev–Trinajstić information content (AvgIpc) is 2.85. The van der Waals surface area contributed by atoms with Crippen molar-refractivity contribution in [1.82, 2.24) is 19.7 Å². The number of piperazine rings is 1. The van der Waals surface area contributed by atoms with Crippen LogP contribution in [0.3, 0.4) is 0 Å². The molecule has 32 heavy (non-hydrogen) atoms. The van der Waals surface area contributed by atoms with E-state index in [2.05, 4.69) is 10.1 Å². The van der Waals surface area contributed by atoms with Crippen LogP contribution in [0.1, 0.15) is 10.4 Å². The van der Waals surface area contributed by atoms with Crippen molar-refractivity contribution in [2.24, 2.45) is 0 Å². The van der Waals surface area contributed by atoms with E-state index < -0.39 is 0 Å². The molecule has 0 atom stereocenters. The number of hydrogen-bond acceptors (Lipinski definition) is 5. The minimum absolute atomic E-state index is 0.0213. The number of carbonyl (C=O) groups is 1. The van der Waals surface area contributed by atoms with Crippen LogP contribution in [0.5, 0.6) is 0 Å². The first-order valence-electron chi connectivity index (χ1n) is 10.3. The van der Waals surface area contributed by atoms with Crippen LogP contribution in [0.2, 0.25) is 5.02 Å². The maximum Gasteiger partial charge on any atom is 0.292 e. The molecule has 0 unspecified atom stereocenters. The molecular weight excluding hydrogens is 426 g/mol. The Morgan fingerprint density at radius 1 is 0.906 bits per heavy atom. The average molecular weight is 446 g/mol. The van der Waals surface area contributed by atoms with E-state index in [0.717, 1.165) is 10.9 Å². The summed E-state index contributed by atoms with van der Waals surface area (Å²) in [5.74, 6) is -0.0213. The minimum atomic E-state index is -0.364. The molecule has 8 heteroatoms. The second kappa shape index (κ2) is 8.43. The lowest BCUT2D eigenvalue weighted by Crippen LogP contribution is -2.49. The lowest BCUT2D eigenvalue weighted by atomic mass is 10.1. The summed E-state index contributed by atoms with van der Waals surface area (Å²) in [6.07, 6.45) is 3.28. The van der Waals surface area contributed by atoms with Gasteiger partial charge in [0.1, 0.15) is 5.02 Å². The molecule has 4 aromatic rings. The minimum Gasteiger partial charge on any atom is -0.365 e. The van der Waals surface area contributed by atoms with Gasteiger partial charge in [-0.3, -0.25) is 14.6 Å². The van der Waals surface area contributed by atoms with E-state index in [1.807, 2.05) is 52.3 Å². The van der Waals surface area contributed by atoms with E-state index in [4.69, 9.17) is 11.6 Å². The van der Waals surface area contributed by atoms with Crippen molar-refractivity contribution in [3.8, 4) is 5.69 Å². The number of anilines is 1. The van der Waals surface area contributed by atoms with Crippen LogP contribution in [0.25, 0.3) is 16.6 Å². The Balaban J connectivity index is 1.34. The number of aromatic nitrogens is 3. The van der Waals surface area contributed by atoms with Gasteiger partial charge in [0.05, 0.1) is 28.7 Å². The number of nitrogens with zero attached hydrogens (tertiary/aromatic N) is 5. The highest BCUT2D eigenvalue weighted by Gasteiger charge is 2.25. The van der Waals surface area contributed by atoms with E-state index in [0.29, 0.717) is 43.1 Å². The fraction of sp³-hybridized carbons (Fsp3) is 0.167. The quantitative estimate of drug-likeness (QED) is 0.483. The number of para-hydroxylation sites is 2. The lowest BCUT2D eigenvalue weighted by Gasteiger charge is -2.36. The molecule has 1 fully saturated rings. The zero-order chi connectivity index (χ0) is 22.1. The first-order chi connectivity index (χ1) is 15.6. The summed E-state index contributed by atoms with van der Waals surface area (Å²) >= 11 is 6.44. The monoisotopic (exact) mass is 445 g/mol. The van der Waals surface area contributed by atoms with Crippen molar-refractivity contribution in [3.05, 3.63) is 94.0 Å². The Morgan fingerprint density at radius 2 is 1.62 bits per heavy atom. The molecule has 1 saturated heterocycles. The summed E-state index contributed by atoms with van der Waals surface area (Å²) in [6.45, 7) is 2.16. The van der Waals surface area contributed by atoms with Crippen molar-refractivity contribution in [1.29, 1.82) is 0 Å². The highest BCUT2D eigenvalue weighted by atomic mass is 35.5. The Hall–Kier alpha value is -3.71. The molecule has 2 aromatic heterocycles. The Labute approximate surface area is 189 Å². The number of amides is 1. The van der Waals surface area contributed by atoms with E-state index in [1.165, 1.54) is 4.68 Å². The van der Waals surface area contributed by atoms with Crippen molar-refractivity contribution >= 4 is 34.1 Å². The molecule has 160 valence electrons. The summed E-state index contributed by atoms with van der Waals surface area (Å²) in [7, 11) is 0. The summed E-state index contributed by atoms with van der Waals surface area (Å²) in [5.41, 5.74) is 2.33. The van der Waals surface area contributed by atoms with Gasteiger partial charge in [0.2, 0.25) is 0 Å². The van der Waals surface area contributed by atoms with Gasteiger partial charge >= 0.3 is 0 Å². The smallest absolute Gasteiger partial charge is 0.292 e. The van der Waals surface area contributed by atoms with Crippen molar-refractivity contribution < 1.29 is 4.79 Å². The van der Waals surface area contributed by atoms with Crippen LogP contribution in [0.4, 0.5) is 5.69 Å². The van der Waals surface area contributed by atoms with Gasteiger partial charge in [-0.25, -0.2) is 0 Å². The molecule has 0 saturated carbocycles. The second-order valence-electron chi connectivity index (χ2n) is 7.55. The fourth-order valence-corrected chi connectivity index (χ4v) is 4.25. The molecule has 3 heterocycles. The molecule has 2 aromatic carbocycles. The molecule has 0 aliphatic carbocycles. The largest absolute Gasteiger partial charge is 0.365 e. The van der Waals surface area contributed by atoms with Gasteiger partial charge in [0.15, 0.2) is 0 Å². The standard InChI is InChI=1S/C24H20ClN5O2/c25-22-21(16-27-30(24(22)32)17-6-2-1-3-7-17)28-12-14-29(15-13-28)23(31)19-10-11-26-20-9-5-4-8-18(19)20/h1-11,16H,12-15H2. The number of pyridine rings is 1. The molecule has 1 aliphatic rings. The van der Waals surface area contributed by atoms with Gasteiger partial charge in [-0.15, -0.1) is 0 Å². The van der Waals surface area contributed by atoms with E-state index in [9.17, 15) is 9.59 Å². The topological polar surface area (TPSA) is 71.3 Å². The number of halogens is 1. The van der Waals surface area contributed by atoms with Gasteiger partial charge in [0.25, 0.3) is 11.5 Å². The van der Waals surface area contributed by atoms with Gasteiger partial charge < -0.3 is 9.80 Å². The summed E-state index contributed by atoms with van der Waals surface area (Å²) in [5, 5.41) is 5.29. The van der Waals surface area contributed by atoms with Gasteiger partial charge in [-0.2, -0.15) is 9.78 Å². The highest BCUT2D eigenvalue weighted by Crippen LogP contribution is 2.24. The van der Waals surface area contributed by atoms with E-state index in [-0.39, 0.29) is 16.5 Å². The molecule has 0 spiro atoms. The van der Waals surface area contributed by atoms with Crippen LogP contribution >= 0.6 is 11.6 Å². The number of hydrogen-bond donors (Lipinski definition) is 0. The van der Waals surface area contributed by atoms with Crippen LogP contribution in [-0.2, 0) is 0 Å². The third-order valence-electron chi connectivity index (χ3n) is 5.69. The second-order valence-corrected chi connectivity index (χ2v) is 7.93. The first-order valence-corrected chi connectivity index (χ1v) is 10.7. The Morgan fingerprint density at radius 3 is 2.41 bits per heavy atom. The molecular formula is C24H20ClN5O2. The number of carbonyl (C=O) groups excluding carboxylic acids is 1. The predicted octanol–water partition coefficient (Wildman–Crippen LogP) is 3.40. The van der Waals surface area contributed by atoms with Crippen LogP contribution in [0.15, 0.2) is 77.9 Å². The lowest BCUT2D eigenvalue weighted by molar-refractivity contribution is 0.0748. The number of rotatable bonds is 3. The maximum atomic E-state index is 13.2. The zero-order valence-corrected chi connectivity index (χ0v) is 17.9. The normalized spacial score (nSPS) is 14.0. The summed E-state index contributed by atoms with van der Waals surface area (Å²) in [6, 6.07) is 18.6. The number of benzene rings is 2. The van der Waals surface area contributed by atoms with Gasteiger partial charge in [0, 0.05) is 37.8 Å². The Bertz CT molecular complexity index is 1340. The predicted molar refractivity (Wildman–Crippen MR) is 125 cm³/mol. The molecule has 5 rings (SSSR count). The first kappa shape index (κ1) is 20.2. The van der Waals surface area contributed by atoms with Crippen LogP contribution < -0.4 is 10.5 Å². The van der Waals surface area contributed by atoms with Crippen LogP contribution in [0, 0.1) is 0 Å².